The van der Waals surface area contributed by atoms with Crippen molar-refractivity contribution in [2.45, 2.75) is 32.9 Å². The van der Waals surface area contributed by atoms with Crippen LogP contribution in [0.3, 0.4) is 0 Å². The minimum Gasteiger partial charge on any atom is -0.444 e. The zero-order valence-electron chi connectivity index (χ0n) is 14.1. The predicted octanol–water partition coefficient (Wildman–Crippen LogP) is 3.50. The molecular weight excluding hydrogens is 507 g/mol. The van der Waals surface area contributed by atoms with Crippen molar-refractivity contribution in [1.82, 2.24) is 9.80 Å². The molecule has 0 radical (unpaired) electrons. The van der Waals surface area contributed by atoms with Crippen LogP contribution in [-0.2, 0) is 11.3 Å². The Morgan fingerprint density at radius 2 is 1.92 bits per heavy atom. The van der Waals surface area contributed by atoms with Crippen molar-refractivity contribution in [3.8, 4) is 0 Å². The maximum atomic E-state index is 12.0. The number of nitrogens with zero attached hydrogens (tertiary/aromatic N) is 3. The first-order valence-corrected chi connectivity index (χ1v) is 9.17. The molecule has 1 aromatic rings. The van der Waals surface area contributed by atoms with Crippen molar-refractivity contribution in [1.29, 1.82) is 0 Å². The Labute approximate surface area is 172 Å². The lowest BCUT2D eigenvalue weighted by molar-refractivity contribution is 0.0186. The van der Waals surface area contributed by atoms with E-state index >= 15 is 0 Å². The highest BCUT2D eigenvalue weighted by atomic mass is 127. The van der Waals surface area contributed by atoms with Gasteiger partial charge in [-0.15, -0.1) is 35.3 Å². The fourth-order valence-electron chi connectivity index (χ4n) is 2.14. The van der Waals surface area contributed by atoms with E-state index in [0.717, 1.165) is 9.35 Å². The van der Waals surface area contributed by atoms with Crippen LogP contribution in [0.5, 0.6) is 0 Å². The van der Waals surface area contributed by atoms with Crippen molar-refractivity contribution >= 4 is 63.3 Å². The van der Waals surface area contributed by atoms with Crippen molar-refractivity contribution in [3.05, 3.63) is 20.8 Å². The Bertz CT molecular complexity index is 580. The number of aliphatic imine (C=N–C) groups is 1. The minimum atomic E-state index is -0.469. The van der Waals surface area contributed by atoms with Crippen LogP contribution in [0.4, 0.5) is 4.79 Å². The molecular formula is C15H24BrIN4O2S. The van der Waals surface area contributed by atoms with E-state index in [2.05, 4.69) is 20.9 Å². The monoisotopic (exact) mass is 530 g/mol. The molecule has 0 spiro atoms. The Hall–Kier alpha value is -0.550. The molecule has 2 rings (SSSR count). The van der Waals surface area contributed by atoms with Crippen molar-refractivity contribution in [3.63, 3.8) is 0 Å². The number of nitrogens with two attached hydrogens (primary N) is 1. The lowest BCUT2D eigenvalue weighted by atomic mass is 10.2. The van der Waals surface area contributed by atoms with Gasteiger partial charge in [-0.25, -0.2) is 9.79 Å². The topological polar surface area (TPSA) is 71.2 Å². The zero-order chi connectivity index (χ0) is 17.0. The van der Waals surface area contributed by atoms with Crippen LogP contribution < -0.4 is 5.73 Å². The van der Waals surface area contributed by atoms with Gasteiger partial charge in [0.2, 0.25) is 0 Å². The molecule has 0 atom stereocenters. The van der Waals surface area contributed by atoms with E-state index in [0.29, 0.717) is 38.7 Å². The Balaban J connectivity index is 0.00000288. The van der Waals surface area contributed by atoms with Crippen molar-refractivity contribution in [2.75, 3.05) is 26.2 Å². The lowest BCUT2D eigenvalue weighted by Gasteiger charge is -2.36. The summed E-state index contributed by atoms with van der Waals surface area (Å²) in [7, 11) is 0. The number of amides is 1. The maximum Gasteiger partial charge on any atom is 0.410 e. The van der Waals surface area contributed by atoms with Gasteiger partial charge in [-0.05, 0) is 42.8 Å². The molecule has 24 heavy (non-hydrogen) atoms. The number of carbonyl (C=O) groups excluding carboxylic acids is 1. The number of rotatable bonds is 2. The van der Waals surface area contributed by atoms with Gasteiger partial charge in [-0.1, -0.05) is 0 Å². The average molecular weight is 531 g/mol. The third-order valence-electron chi connectivity index (χ3n) is 3.27. The highest BCUT2D eigenvalue weighted by Gasteiger charge is 2.26. The molecule has 1 aliphatic heterocycles. The third kappa shape index (κ3) is 6.75. The second-order valence-electron chi connectivity index (χ2n) is 6.36. The lowest BCUT2D eigenvalue weighted by Crippen LogP contribution is -2.53. The third-order valence-corrected chi connectivity index (χ3v) is 4.96. The van der Waals surface area contributed by atoms with Crippen molar-refractivity contribution < 1.29 is 9.53 Å². The van der Waals surface area contributed by atoms with E-state index < -0.39 is 5.60 Å². The molecule has 1 aromatic heterocycles. The molecule has 2 heterocycles. The quantitative estimate of drug-likeness (QED) is 0.361. The van der Waals surface area contributed by atoms with Gasteiger partial charge in [0.1, 0.15) is 5.60 Å². The predicted molar refractivity (Wildman–Crippen MR) is 112 cm³/mol. The number of hydrogen-bond donors (Lipinski definition) is 1. The van der Waals surface area contributed by atoms with Crippen LogP contribution >= 0.6 is 51.2 Å². The summed E-state index contributed by atoms with van der Waals surface area (Å²) in [5.74, 6) is 0.526. The minimum absolute atomic E-state index is 0. The van der Waals surface area contributed by atoms with E-state index in [9.17, 15) is 4.79 Å². The molecule has 6 nitrogen and oxygen atoms in total. The van der Waals surface area contributed by atoms with Crippen molar-refractivity contribution in [2.24, 2.45) is 10.7 Å². The molecule has 1 fully saturated rings. The average Bonchev–Trinajstić information content (AvgIpc) is 2.89. The highest BCUT2D eigenvalue weighted by Crippen LogP contribution is 2.20. The van der Waals surface area contributed by atoms with Gasteiger partial charge < -0.3 is 20.3 Å². The Morgan fingerprint density at radius 3 is 2.42 bits per heavy atom. The molecule has 0 saturated carbocycles. The van der Waals surface area contributed by atoms with E-state index in [1.54, 1.807) is 16.2 Å². The Morgan fingerprint density at radius 1 is 1.33 bits per heavy atom. The summed E-state index contributed by atoms with van der Waals surface area (Å²) in [5.41, 5.74) is 5.59. The molecule has 0 aromatic carbocycles. The number of guanidine groups is 1. The molecule has 2 N–H and O–H groups in total. The highest BCUT2D eigenvalue weighted by molar-refractivity contribution is 14.0. The number of hydrogen-bond acceptors (Lipinski definition) is 4. The summed E-state index contributed by atoms with van der Waals surface area (Å²) in [6, 6.07) is 2.04. The largest absolute Gasteiger partial charge is 0.444 e. The number of piperazine rings is 1. The molecule has 0 unspecified atom stereocenters. The van der Waals surface area contributed by atoms with E-state index in [4.69, 9.17) is 10.5 Å². The second kappa shape index (κ2) is 9.23. The standard InChI is InChI=1S/C15H23BrN4O2S.HI/c1-15(2,3)22-14(21)20-6-4-19(5-7-20)13(17)18-9-12-8-11(16)10-23-12;/h8,10H,4-7,9H2,1-3H3,(H2,17,18);1H. The van der Waals surface area contributed by atoms with Gasteiger partial charge in [-0.3, -0.25) is 0 Å². The van der Waals surface area contributed by atoms with E-state index in [1.807, 2.05) is 37.1 Å². The van der Waals surface area contributed by atoms with Gasteiger partial charge in [0.05, 0.1) is 6.54 Å². The summed E-state index contributed by atoms with van der Waals surface area (Å²) in [4.78, 5) is 21.3. The smallest absolute Gasteiger partial charge is 0.410 e. The Kier molecular flexibility index (Phi) is 8.27. The first-order chi connectivity index (χ1) is 10.7. The van der Waals surface area contributed by atoms with Crippen LogP contribution in [0.1, 0.15) is 25.6 Å². The SMILES string of the molecule is CC(C)(C)OC(=O)N1CCN(C(N)=NCc2cc(Br)cs2)CC1.I. The maximum absolute atomic E-state index is 12.0. The number of halogens is 2. The van der Waals surface area contributed by atoms with Gasteiger partial charge in [0.25, 0.3) is 0 Å². The first-order valence-electron chi connectivity index (χ1n) is 7.50. The van der Waals surface area contributed by atoms with Crippen LogP contribution in [0, 0.1) is 0 Å². The second-order valence-corrected chi connectivity index (χ2v) is 8.27. The van der Waals surface area contributed by atoms with Gasteiger partial charge in [-0.2, -0.15) is 0 Å². The number of carbonyl (C=O) groups is 1. The van der Waals surface area contributed by atoms with E-state index in [1.165, 1.54) is 0 Å². The molecule has 0 bridgehead atoms. The molecule has 1 aliphatic rings. The summed E-state index contributed by atoms with van der Waals surface area (Å²) in [6.07, 6.45) is -0.268. The summed E-state index contributed by atoms with van der Waals surface area (Å²) < 4.78 is 6.45. The zero-order valence-corrected chi connectivity index (χ0v) is 18.9. The fourth-order valence-corrected chi connectivity index (χ4v) is 3.51. The molecule has 1 amide bonds. The van der Waals surface area contributed by atoms with E-state index in [-0.39, 0.29) is 30.1 Å². The van der Waals surface area contributed by atoms with Crippen LogP contribution in [0.15, 0.2) is 20.9 Å². The summed E-state index contributed by atoms with van der Waals surface area (Å²) >= 11 is 5.08. The molecule has 1 saturated heterocycles. The fraction of sp³-hybridized carbons (Fsp3) is 0.600. The summed E-state index contributed by atoms with van der Waals surface area (Å²) in [6.45, 7) is 8.71. The normalized spacial score (nSPS) is 15.9. The van der Waals surface area contributed by atoms with Gasteiger partial charge in [0.15, 0.2) is 5.96 Å². The molecule has 0 aliphatic carbocycles. The van der Waals surface area contributed by atoms with Crippen LogP contribution in [0.2, 0.25) is 0 Å². The van der Waals surface area contributed by atoms with Crippen LogP contribution in [0.25, 0.3) is 0 Å². The van der Waals surface area contributed by atoms with Gasteiger partial charge in [0, 0.05) is 40.9 Å². The van der Waals surface area contributed by atoms with Crippen LogP contribution in [-0.4, -0.2) is 53.6 Å². The summed E-state index contributed by atoms with van der Waals surface area (Å²) in [5, 5.41) is 2.03. The molecule has 9 heteroatoms. The number of ether oxygens (including phenoxy) is 1. The van der Waals surface area contributed by atoms with Gasteiger partial charge >= 0.3 is 6.09 Å². The first kappa shape index (κ1) is 21.5. The number of thiophene rings is 1. The molecule has 136 valence electrons.